The molecule has 1 fully saturated rings. The maximum atomic E-state index is 11.1. The normalized spacial score (nSPS) is 30.7. The van der Waals surface area contributed by atoms with Gasteiger partial charge in [-0.25, -0.2) is 0 Å². The lowest BCUT2D eigenvalue weighted by molar-refractivity contribution is -0.129. The zero-order valence-electron chi connectivity index (χ0n) is 6.64. The first-order valence-electron chi connectivity index (χ1n) is 3.42. The van der Waals surface area contributed by atoms with Crippen LogP contribution in [-0.4, -0.2) is 25.5 Å². The summed E-state index contributed by atoms with van der Waals surface area (Å²) in [4.78, 5) is 21.8. The Labute approximate surface area is 64.9 Å². The molecule has 1 N–H and O–H groups in total. The topological polar surface area (TPSA) is 55.4 Å². The number of hydrogen-bond donors (Lipinski definition) is 1. The van der Waals surface area contributed by atoms with Crippen LogP contribution in [0.15, 0.2) is 0 Å². The molecular weight excluding hydrogens is 146 g/mol. The lowest BCUT2D eigenvalue weighted by atomic mass is 9.90. The molecule has 1 rings (SSSR count). The summed E-state index contributed by atoms with van der Waals surface area (Å²) >= 11 is 0. The Balaban J connectivity index is 2.70. The standard InChI is InChI=1S/C7H11NO3/c1-7(4-11-2)3-5(9)8-6(7)10/h3-4H2,1-2H3,(H,8,9,10). The predicted octanol–water partition coefficient (Wildman–Crippen LogP) is -0.314. The van der Waals surface area contributed by atoms with Crippen molar-refractivity contribution in [2.75, 3.05) is 13.7 Å². The van der Waals surface area contributed by atoms with E-state index in [2.05, 4.69) is 5.32 Å². The number of imide groups is 1. The van der Waals surface area contributed by atoms with Crippen LogP contribution in [0.25, 0.3) is 0 Å². The van der Waals surface area contributed by atoms with Crippen LogP contribution >= 0.6 is 0 Å². The van der Waals surface area contributed by atoms with Gasteiger partial charge in [-0.15, -0.1) is 0 Å². The molecule has 4 nitrogen and oxygen atoms in total. The van der Waals surface area contributed by atoms with Crippen LogP contribution in [-0.2, 0) is 14.3 Å². The summed E-state index contributed by atoms with van der Waals surface area (Å²) in [6, 6.07) is 0. The number of hydrogen-bond acceptors (Lipinski definition) is 3. The van der Waals surface area contributed by atoms with E-state index in [4.69, 9.17) is 4.74 Å². The highest BCUT2D eigenvalue weighted by Crippen LogP contribution is 2.26. The minimum atomic E-state index is -0.647. The largest absolute Gasteiger partial charge is 0.384 e. The Kier molecular flexibility index (Phi) is 1.95. The maximum Gasteiger partial charge on any atom is 0.235 e. The number of carbonyl (C=O) groups is 2. The van der Waals surface area contributed by atoms with Crippen molar-refractivity contribution >= 4 is 11.8 Å². The van der Waals surface area contributed by atoms with Crippen molar-refractivity contribution < 1.29 is 14.3 Å². The van der Waals surface area contributed by atoms with Crippen molar-refractivity contribution in [1.82, 2.24) is 5.32 Å². The van der Waals surface area contributed by atoms with E-state index in [0.717, 1.165) is 0 Å². The third-order valence-corrected chi connectivity index (χ3v) is 1.81. The van der Waals surface area contributed by atoms with E-state index in [1.807, 2.05) is 0 Å². The fourth-order valence-electron chi connectivity index (χ4n) is 1.19. The van der Waals surface area contributed by atoms with Crippen LogP contribution in [0, 0.1) is 5.41 Å². The van der Waals surface area contributed by atoms with Gasteiger partial charge < -0.3 is 4.74 Å². The Morgan fingerprint density at radius 1 is 1.64 bits per heavy atom. The molecule has 0 bridgehead atoms. The van der Waals surface area contributed by atoms with Gasteiger partial charge >= 0.3 is 0 Å². The van der Waals surface area contributed by atoms with E-state index < -0.39 is 5.41 Å². The van der Waals surface area contributed by atoms with Gasteiger partial charge in [0.05, 0.1) is 12.0 Å². The molecule has 1 unspecified atom stereocenters. The fraction of sp³-hybridized carbons (Fsp3) is 0.714. The molecule has 0 aromatic carbocycles. The summed E-state index contributed by atoms with van der Waals surface area (Å²) in [6.07, 6.45) is 0.236. The Morgan fingerprint density at radius 3 is 2.64 bits per heavy atom. The van der Waals surface area contributed by atoms with E-state index in [9.17, 15) is 9.59 Å². The fourth-order valence-corrected chi connectivity index (χ4v) is 1.19. The van der Waals surface area contributed by atoms with Crippen LogP contribution in [0.2, 0.25) is 0 Å². The second-order valence-corrected chi connectivity index (χ2v) is 3.05. The zero-order chi connectivity index (χ0) is 8.48. The summed E-state index contributed by atoms with van der Waals surface area (Å²) in [6.45, 7) is 2.02. The first-order valence-corrected chi connectivity index (χ1v) is 3.42. The summed E-state index contributed by atoms with van der Waals surface area (Å²) in [5.41, 5.74) is -0.647. The van der Waals surface area contributed by atoms with Gasteiger partial charge in [-0.2, -0.15) is 0 Å². The van der Waals surface area contributed by atoms with Crippen LogP contribution < -0.4 is 5.32 Å². The van der Waals surface area contributed by atoms with Gasteiger partial charge in [0.15, 0.2) is 0 Å². The van der Waals surface area contributed by atoms with E-state index in [-0.39, 0.29) is 18.2 Å². The van der Waals surface area contributed by atoms with Crippen molar-refractivity contribution in [2.24, 2.45) is 5.41 Å². The molecule has 0 spiro atoms. The van der Waals surface area contributed by atoms with Gasteiger partial charge in [0.25, 0.3) is 0 Å². The molecule has 0 aromatic rings. The quantitative estimate of drug-likeness (QED) is 0.559. The molecule has 1 heterocycles. The Hall–Kier alpha value is -0.900. The van der Waals surface area contributed by atoms with Crippen molar-refractivity contribution in [3.8, 4) is 0 Å². The van der Waals surface area contributed by atoms with Gasteiger partial charge in [0.1, 0.15) is 0 Å². The second-order valence-electron chi connectivity index (χ2n) is 3.05. The average molecular weight is 157 g/mol. The first-order chi connectivity index (χ1) is 5.08. The molecule has 0 saturated carbocycles. The van der Waals surface area contributed by atoms with Crippen molar-refractivity contribution in [1.29, 1.82) is 0 Å². The molecule has 1 saturated heterocycles. The Morgan fingerprint density at radius 2 is 2.27 bits per heavy atom. The molecule has 0 aromatic heterocycles. The van der Waals surface area contributed by atoms with E-state index in [1.165, 1.54) is 7.11 Å². The maximum absolute atomic E-state index is 11.1. The van der Waals surface area contributed by atoms with E-state index in [1.54, 1.807) is 6.92 Å². The Bertz CT molecular complexity index is 202. The first kappa shape index (κ1) is 8.20. The van der Waals surface area contributed by atoms with Gasteiger partial charge in [0.2, 0.25) is 11.8 Å². The van der Waals surface area contributed by atoms with Gasteiger partial charge in [-0.05, 0) is 6.92 Å². The highest BCUT2D eigenvalue weighted by atomic mass is 16.5. The number of carbonyl (C=O) groups excluding carboxylic acids is 2. The predicted molar refractivity (Wildman–Crippen MR) is 37.7 cm³/mol. The molecule has 1 aliphatic heterocycles. The highest BCUT2D eigenvalue weighted by Gasteiger charge is 2.42. The number of methoxy groups -OCH3 is 1. The molecule has 0 radical (unpaired) electrons. The van der Waals surface area contributed by atoms with Crippen LogP contribution in [0.5, 0.6) is 0 Å². The lowest BCUT2D eigenvalue weighted by Gasteiger charge is -2.16. The highest BCUT2D eigenvalue weighted by molar-refractivity contribution is 6.05. The molecule has 2 amide bonds. The number of amides is 2. The molecule has 1 atom stereocenters. The molecule has 1 aliphatic rings. The van der Waals surface area contributed by atoms with Crippen LogP contribution in [0.1, 0.15) is 13.3 Å². The summed E-state index contributed by atoms with van der Waals surface area (Å²) in [5.74, 6) is -0.445. The molecule has 11 heavy (non-hydrogen) atoms. The van der Waals surface area contributed by atoms with Gasteiger partial charge in [-0.3, -0.25) is 14.9 Å². The molecule has 4 heteroatoms. The van der Waals surface area contributed by atoms with Crippen molar-refractivity contribution in [3.05, 3.63) is 0 Å². The summed E-state index contributed by atoms with van der Waals surface area (Å²) in [7, 11) is 1.52. The summed E-state index contributed by atoms with van der Waals surface area (Å²) in [5, 5.41) is 2.23. The van der Waals surface area contributed by atoms with Crippen molar-refractivity contribution in [3.63, 3.8) is 0 Å². The second kappa shape index (κ2) is 2.62. The lowest BCUT2D eigenvalue weighted by Crippen LogP contribution is -2.32. The van der Waals surface area contributed by atoms with E-state index >= 15 is 0 Å². The monoisotopic (exact) mass is 157 g/mol. The third kappa shape index (κ3) is 1.40. The minimum Gasteiger partial charge on any atom is -0.384 e. The minimum absolute atomic E-state index is 0.213. The number of rotatable bonds is 2. The molecule has 0 aliphatic carbocycles. The van der Waals surface area contributed by atoms with Crippen LogP contribution in [0.4, 0.5) is 0 Å². The number of nitrogens with one attached hydrogen (secondary N) is 1. The third-order valence-electron chi connectivity index (χ3n) is 1.81. The van der Waals surface area contributed by atoms with Gasteiger partial charge in [-0.1, -0.05) is 0 Å². The average Bonchev–Trinajstić information content (AvgIpc) is 2.08. The zero-order valence-corrected chi connectivity index (χ0v) is 6.64. The smallest absolute Gasteiger partial charge is 0.235 e. The molecular formula is C7H11NO3. The molecule has 62 valence electrons. The van der Waals surface area contributed by atoms with Gasteiger partial charge in [0, 0.05) is 13.5 Å². The number of ether oxygens (including phenoxy) is 1. The van der Waals surface area contributed by atoms with E-state index in [0.29, 0.717) is 6.61 Å². The van der Waals surface area contributed by atoms with Crippen molar-refractivity contribution in [2.45, 2.75) is 13.3 Å². The van der Waals surface area contributed by atoms with Crippen LogP contribution in [0.3, 0.4) is 0 Å². The SMILES string of the molecule is COCC1(C)CC(=O)NC1=O. The summed E-state index contributed by atoms with van der Waals surface area (Å²) < 4.78 is 4.83.